The van der Waals surface area contributed by atoms with E-state index in [0.717, 1.165) is 29.5 Å². The molecule has 1 aromatic carbocycles. The molecule has 0 saturated heterocycles. The van der Waals surface area contributed by atoms with Crippen LogP contribution in [0.25, 0.3) is 11.0 Å². The molecule has 0 aliphatic heterocycles. The van der Waals surface area contributed by atoms with E-state index in [1.54, 1.807) is 12.3 Å². The Labute approximate surface area is 88.1 Å². The summed E-state index contributed by atoms with van der Waals surface area (Å²) >= 11 is 0. The van der Waals surface area contributed by atoms with Crippen LogP contribution in [-0.4, -0.2) is 13.6 Å². The SMILES string of the molecule is CNCCc1coc2c(F)ccc(C)c12. The lowest BCUT2D eigenvalue weighted by atomic mass is 10.1. The van der Waals surface area contributed by atoms with E-state index in [0.29, 0.717) is 5.58 Å². The summed E-state index contributed by atoms with van der Waals surface area (Å²) in [6.45, 7) is 2.84. The van der Waals surface area contributed by atoms with Crippen LogP contribution in [0.2, 0.25) is 0 Å². The predicted octanol–water partition coefficient (Wildman–Crippen LogP) is 2.64. The summed E-state index contributed by atoms with van der Waals surface area (Å²) in [5, 5.41) is 3.99. The fourth-order valence-corrected chi connectivity index (χ4v) is 1.80. The maximum absolute atomic E-state index is 13.4. The smallest absolute Gasteiger partial charge is 0.170 e. The number of hydrogen-bond acceptors (Lipinski definition) is 2. The first-order valence-corrected chi connectivity index (χ1v) is 5.04. The molecule has 0 unspecified atom stereocenters. The molecular formula is C12H14FNO. The molecule has 0 radical (unpaired) electrons. The van der Waals surface area contributed by atoms with Crippen LogP contribution >= 0.6 is 0 Å². The Morgan fingerprint density at radius 1 is 1.40 bits per heavy atom. The molecule has 0 amide bonds. The Kier molecular flexibility index (Phi) is 2.73. The number of likely N-dealkylation sites (N-methyl/N-ethyl adjacent to an activating group) is 1. The molecule has 2 nitrogen and oxygen atoms in total. The molecule has 0 atom stereocenters. The summed E-state index contributed by atoms with van der Waals surface area (Å²) in [5.41, 5.74) is 2.50. The Hall–Kier alpha value is -1.35. The molecule has 3 heteroatoms. The second-order valence-corrected chi connectivity index (χ2v) is 3.68. The molecule has 0 bridgehead atoms. The zero-order chi connectivity index (χ0) is 10.8. The van der Waals surface area contributed by atoms with Crippen LogP contribution in [0.4, 0.5) is 4.39 Å². The lowest BCUT2D eigenvalue weighted by molar-refractivity contribution is 0.557. The minimum Gasteiger partial charge on any atom is -0.461 e. The Bertz CT molecular complexity index is 476. The molecule has 1 N–H and O–H groups in total. The van der Waals surface area contributed by atoms with E-state index in [2.05, 4.69) is 5.32 Å². The number of nitrogens with one attached hydrogen (secondary N) is 1. The van der Waals surface area contributed by atoms with Crippen molar-refractivity contribution in [2.24, 2.45) is 0 Å². The van der Waals surface area contributed by atoms with Gasteiger partial charge in [0.1, 0.15) is 0 Å². The number of fused-ring (bicyclic) bond motifs is 1. The van der Waals surface area contributed by atoms with Gasteiger partial charge in [-0.25, -0.2) is 4.39 Å². The molecule has 0 aliphatic rings. The standard InChI is InChI=1S/C12H14FNO/c1-8-3-4-10(13)12-11(8)9(7-15-12)5-6-14-2/h3-4,7,14H,5-6H2,1-2H3. The van der Waals surface area contributed by atoms with Crippen LogP contribution in [0, 0.1) is 12.7 Å². The van der Waals surface area contributed by atoms with Crippen LogP contribution in [0.3, 0.4) is 0 Å². The fourth-order valence-electron chi connectivity index (χ4n) is 1.80. The van der Waals surface area contributed by atoms with Gasteiger partial charge in [0.25, 0.3) is 0 Å². The topological polar surface area (TPSA) is 25.2 Å². The summed E-state index contributed by atoms with van der Waals surface area (Å²) < 4.78 is 18.6. The van der Waals surface area contributed by atoms with Crippen molar-refractivity contribution in [3.8, 4) is 0 Å². The van der Waals surface area contributed by atoms with Crippen molar-refractivity contribution in [2.45, 2.75) is 13.3 Å². The lowest BCUT2D eigenvalue weighted by Gasteiger charge is -2.00. The van der Waals surface area contributed by atoms with Crippen molar-refractivity contribution in [1.29, 1.82) is 0 Å². The van der Waals surface area contributed by atoms with Gasteiger partial charge in [0.15, 0.2) is 11.4 Å². The summed E-state index contributed by atoms with van der Waals surface area (Å²) in [4.78, 5) is 0. The summed E-state index contributed by atoms with van der Waals surface area (Å²) in [6.07, 6.45) is 2.51. The molecule has 0 spiro atoms. The van der Waals surface area contributed by atoms with Gasteiger partial charge in [-0.15, -0.1) is 0 Å². The van der Waals surface area contributed by atoms with Gasteiger partial charge in [-0.2, -0.15) is 0 Å². The van der Waals surface area contributed by atoms with Gasteiger partial charge < -0.3 is 9.73 Å². The molecule has 1 heterocycles. The largest absolute Gasteiger partial charge is 0.461 e. The molecule has 0 aliphatic carbocycles. The third-order valence-electron chi connectivity index (χ3n) is 2.60. The highest BCUT2D eigenvalue weighted by Crippen LogP contribution is 2.27. The molecule has 15 heavy (non-hydrogen) atoms. The number of benzene rings is 1. The van der Waals surface area contributed by atoms with Gasteiger partial charge in [-0.1, -0.05) is 6.07 Å². The predicted molar refractivity (Wildman–Crippen MR) is 58.5 cm³/mol. The summed E-state index contributed by atoms with van der Waals surface area (Å²) in [5.74, 6) is -0.286. The summed E-state index contributed by atoms with van der Waals surface area (Å²) in [7, 11) is 1.90. The van der Waals surface area contributed by atoms with Crippen molar-refractivity contribution in [3.05, 3.63) is 35.3 Å². The fraction of sp³-hybridized carbons (Fsp3) is 0.333. The molecule has 2 aromatic rings. The highest BCUT2D eigenvalue weighted by atomic mass is 19.1. The summed E-state index contributed by atoms with van der Waals surface area (Å²) in [6, 6.07) is 3.24. The van der Waals surface area contributed by atoms with Crippen LogP contribution in [0.5, 0.6) is 0 Å². The maximum Gasteiger partial charge on any atom is 0.170 e. The monoisotopic (exact) mass is 207 g/mol. The van der Waals surface area contributed by atoms with Crippen molar-refractivity contribution in [2.75, 3.05) is 13.6 Å². The third-order valence-corrected chi connectivity index (χ3v) is 2.60. The average Bonchev–Trinajstić information content (AvgIpc) is 2.65. The molecule has 0 fully saturated rings. The van der Waals surface area contributed by atoms with Crippen molar-refractivity contribution in [3.63, 3.8) is 0 Å². The minimum absolute atomic E-state index is 0.286. The van der Waals surface area contributed by atoms with Gasteiger partial charge in [0.2, 0.25) is 0 Å². The van der Waals surface area contributed by atoms with Crippen molar-refractivity contribution >= 4 is 11.0 Å². The quantitative estimate of drug-likeness (QED) is 0.837. The highest BCUT2D eigenvalue weighted by molar-refractivity contribution is 5.85. The van der Waals surface area contributed by atoms with E-state index in [9.17, 15) is 4.39 Å². The van der Waals surface area contributed by atoms with Gasteiger partial charge >= 0.3 is 0 Å². The first-order chi connectivity index (χ1) is 7.24. The molecule has 0 saturated carbocycles. The Balaban J connectivity index is 2.53. The van der Waals surface area contributed by atoms with E-state index in [-0.39, 0.29) is 5.82 Å². The second-order valence-electron chi connectivity index (χ2n) is 3.68. The number of hydrogen-bond donors (Lipinski definition) is 1. The van der Waals surface area contributed by atoms with Gasteiger partial charge in [0.05, 0.1) is 6.26 Å². The highest BCUT2D eigenvalue weighted by Gasteiger charge is 2.11. The normalized spacial score (nSPS) is 11.1. The Morgan fingerprint density at radius 3 is 2.93 bits per heavy atom. The van der Waals surface area contributed by atoms with Gasteiger partial charge in [0, 0.05) is 5.39 Å². The van der Waals surface area contributed by atoms with Crippen LogP contribution in [0.1, 0.15) is 11.1 Å². The van der Waals surface area contributed by atoms with E-state index in [1.807, 2.05) is 14.0 Å². The van der Waals surface area contributed by atoms with Crippen molar-refractivity contribution < 1.29 is 8.81 Å². The van der Waals surface area contributed by atoms with E-state index >= 15 is 0 Å². The van der Waals surface area contributed by atoms with E-state index in [4.69, 9.17) is 4.42 Å². The molecule has 2 rings (SSSR count). The van der Waals surface area contributed by atoms with E-state index < -0.39 is 0 Å². The lowest BCUT2D eigenvalue weighted by Crippen LogP contribution is -2.10. The van der Waals surface area contributed by atoms with E-state index in [1.165, 1.54) is 6.07 Å². The zero-order valence-electron chi connectivity index (χ0n) is 8.93. The third kappa shape index (κ3) is 1.75. The second kappa shape index (κ2) is 4.03. The number of furan rings is 1. The van der Waals surface area contributed by atoms with Crippen LogP contribution < -0.4 is 5.32 Å². The number of aryl methyl sites for hydroxylation is 1. The Morgan fingerprint density at radius 2 is 2.20 bits per heavy atom. The first-order valence-electron chi connectivity index (χ1n) is 5.04. The van der Waals surface area contributed by atoms with Gasteiger partial charge in [-0.3, -0.25) is 0 Å². The average molecular weight is 207 g/mol. The molecule has 1 aromatic heterocycles. The van der Waals surface area contributed by atoms with Crippen LogP contribution in [-0.2, 0) is 6.42 Å². The van der Waals surface area contributed by atoms with Crippen molar-refractivity contribution in [1.82, 2.24) is 5.32 Å². The zero-order valence-corrected chi connectivity index (χ0v) is 8.93. The minimum atomic E-state index is -0.286. The van der Waals surface area contributed by atoms with Crippen LogP contribution in [0.15, 0.2) is 22.8 Å². The number of rotatable bonds is 3. The number of halogens is 1. The first kappa shape index (κ1) is 10.2. The maximum atomic E-state index is 13.4. The molecular weight excluding hydrogens is 193 g/mol. The molecule has 80 valence electrons. The van der Waals surface area contributed by atoms with Gasteiger partial charge in [-0.05, 0) is 44.1 Å².